The summed E-state index contributed by atoms with van der Waals surface area (Å²) in [4.78, 5) is 2.57. The summed E-state index contributed by atoms with van der Waals surface area (Å²) in [6.07, 6.45) is 6.56. The fraction of sp³-hybridized carbons (Fsp3) is 0.667. The van der Waals surface area contributed by atoms with E-state index in [4.69, 9.17) is 17.3 Å². The van der Waals surface area contributed by atoms with Gasteiger partial charge in [0.25, 0.3) is 0 Å². The van der Waals surface area contributed by atoms with Gasteiger partial charge >= 0.3 is 0 Å². The third-order valence-electron chi connectivity index (χ3n) is 4.52. The third kappa shape index (κ3) is 4.37. The number of nitrogens with two attached hydrogens (primary N) is 1. The van der Waals surface area contributed by atoms with Crippen LogP contribution in [0.4, 0.5) is 5.69 Å². The molecule has 0 aromatic heterocycles. The molecule has 3 heteroatoms. The molecule has 0 spiro atoms. The molecule has 2 N–H and O–H groups in total. The first kappa shape index (κ1) is 16.6. The Morgan fingerprint density at radius 3 is 2.43 bits per heavy atom. The average Bonchev–Trinajstić information content (AvgIpc) is 2.92. The molecule has 1 atom stereocenters. The molecule has 2 nitrogen and oxygen atoms in total. The van der Waals surface area contributed by atoms with Crippen LogP contribution < -0.4 is 10.6 Å². The Hall–Kier alpha value is -0.730. The van der Waals surface area contributed by atoms with Crippen LogP contribution >= 0.6 is 11.6 Å². The lowest BCUT2D eigenvalue weighted by atomic mass is 10.1. The van der Waals surface area contributed by atoms with Crippen molar-refractivity contribution in [3.63, 3.8) is 0 Å². The highest BCUT2D eigenvalue weighted by Gasteiger charge is 2.23. The van der Waals surface area contributed by atoms with Crippen molar-refractivity contribution in [2.24, 2.45) is 11.7 Å². The van der Waals surface area contributed by atoms with Crippen LogP contribution in [-0.2, 0) is 0 Å². The first-order valence-corrected chi connectivity index (χ1v) is 8.68. The minimum absolute atomic E-state index is 0.0119. The minimum atomic E-state index is -0.0119. The molecular weight excluding hydrogens is 280 g/mol. The number of nitrogens with zero attached hydrogens (tertiary/aromatic N) is 1. The highest BCUT2D eigenvalue weighted by Crippen LogP contribution is 2.32. The Balaban J connectivity index is 2.20. The number of benzene rings is 1. The quantitative estimate of drug-likeness (QED) is 0.787. The van der Waals surface area contributed by atoms with E-state index in [2.05, 4.69) is 36.9 Å². The maximum atomic E-state index is 6.43. The van der Waals surface area contributed by atoms with Gasteiger partial charge in [-0.2, -0.15) is 0 Å². The Labute approximate surface area is 134 Å². The van der Waals surface area contributed by atoms with Crippen LogP contribution in [-0.4, -0.2) is 12.6 Å². The Morgan fingerprint density at radius 1 is 1.24 bits per heavy atom. The summed E-state index contributed by atoms with van der Waals surface area (Å²) in [5.41, 5.74) is 8.26. The van der Waals surface area contributed by atoms with E-state index < -0.39 is 0 Å². The average molecular weight is 309 g/mol. The maximum absolute atomic E-state index is 6.43. The minimum Gasteiger partial charge on any atom is -0.368 e. The smallest absolute Gasteiger partial charge is 0.0474 e. The normalized spacial score (nSPS) is 17.4. The van der Waals surface area contributed by atoms with Crippen LogP contribution in [0.3, 0.4) is 0 Å². The fourth-order valence-electron chi connectivity index (χ4n) is 3.20. The van der Waals surface area contributed by atoms with Crippen molar-refractivity contribution in [3.8, 4) is 0 Å². The predicted molar refractivity (Wildman–Crippen MR) is 93.1 cm³/mol. The summed E-state index contributed by atoms with van der Waals surface area (Å²) in [6, 6.07) is 7.07. The van der Waals surface area contributed by atoms with Gasteiger partial charge < -0.3 is 10.6 Å². The SMILES string of the molecule is CC(C)CCN(c1ccc(C(C)N)c(Cl)c1)C1CCCC1. The number of rotatable bonds is 6. The van der Waals surface area contributed by atoms with E-state index in [-0.39, 0.29) is 6.04 Å². The monoisotopic (exact) mass is 308 g/mol. The molecule has 0 radical (unpaired) electrons. The standard InChI is InChI=1S/C18H29ClN2/c1-13(2)10-11-21(15-6-4-5-7-15)16-8-9-17(14(3)20)18(19)12-16/h8-9,12-15H,4-7,10-11,20H2,1-3H3. The van der Waals surface area contributed by atoms with Crippen molar-refractivity contribution in [1.82, 2.24) is 0 Å². The molecule has 21 heavy (non-hydrogen) atoms. The van der Waals surface area contributed by atoms with Gasteiger partial charge in [-0.25, -0.2) is 0 Å². The number of halogens is 1. The molecule has 1 aliphatic carbocycles. The van der Waals surface area contributed by atoms with E-state index in [0.29, 0.717) is 6.04 Å². The van der Waals surface area contributed by atoms with Gasteiger partial charge in [0.05, 0.1) is 0 Å². The van der Waals surface area contributed by atoms with E-state index in [1.54, 1.807) is 0 Å². The fourth-order valence-corrected chi connectivity index (χ4v) is 3.55. The second-order valence-electron chi connectivity index (χ2n) is 6.81. The molecule has 0 amide bonds. The predicted octanol–water partition coefficient (Wildman–Crippen LogP) is 5.15. The van der Waals surface area contributed by atoms with Crippen LogP contribution in [0.25, 0.3) is 0 Å². The lowest BCUT2D eigenvalue weighted by Crippen LogP contribution is -2.34. The Bertz CT molecular complexity index is 451. The van der Waals surface area contributed by atoms with Crippen LogP contribution in [0.5, 0.6) is 0 Å². The van der Waals surface area contributed by atoms with Gasteiger partial charge in [-0.15, -0.1) is 0 Å². The molecule has 0 heterocycles. The summed E-state index contributed by atoms with van der Waals surface area (Å²) in [7, 11) is 0. The molecule has 1 saturated carbocycles. The van der Waals surface area contributed by atoms with Crippen molar-refractivity contribution in [3.05, 3.63) is 28.8 Å². The number of anilines is 1. The summed E-state index contributed by atoms with van der Waals surface area (Å²) in [5, 5.41) is 0.801. The molecule has 118 valence electrons. The molecule has 0 saturated heterocycles. The highest BCUT2D eigenvalue weighted by molar-refractivity contribution is 6.31. The van der Waals surface area contributed by atoms with Crippen molar-refractivity contribution < 1.29 is 0 Å². The van der Waals surface area contributed by atoms with Gasteiger partial charge in [0, 0.05) is 29.3 Å². The van der Waals surface area contributed by atoms with Crippen LogP contribution in [0.2, 0.25) is 5.02 Å². The van der Waals surface area contributed by atoms with Gasteiger partial charge in [-0.1, -0.05) is 44.4 Å². The summed E-state index contributed by atoms with van der Waals surface area (Å²) < 4.78 is 0. The summed E-state index contributed by atoms with van der Waals surface area (Å²) in [5.74, 6) is 0.729. The number of hydrogen-bond acceptors (Lipinski definition) is 2. The molecule has 1 aliphatic rings. The topological polar surface area (TPSA) is 29.3 Å². The van der Waals surface area contributed by atoms with Gasteiger partial charge in [-0.3, -0.25) is 0 Å². The van der Waals surface area contributed by atoms with Crippen LogP contribution in [0.15, 0.2) is 18.2 Å². The van der Waals surface area contributed by atoms with E-state index in [1.807, 2.05) is 6.92 Å². The maximum Gasteiger partial charge on any atom is 0.0474 e. The van der Waals surface area contributed by atoms with E-state index in [1.165, 1.54) is 37.8 Å². The van der Waals surface area contributed by atoms with Gasteiger partial charge in [0.1, 0.15) is 0 Å². The van der Waals surface area contributed by atoms with Gasteiger partial charge in [-0.05, 0) is 49.8 Å². The Kier molecular flexibility index (Phi) is 5.95. The lowest BCUT2D eigenvalue weighted by Gasteiger charge is -2.32. The van der Waals surface area contributed by atoms with E-state index >= 15 is 0 Å². The molecular formula is C18H29ClN2. The molecule has 0 bridgehead atoms. The second kappa shape index (κ2) is 7.51. The van der Waals surface area contributed by atoms with Crippen molar-refractivity contribution >= 4 is 17.3 Å². The first-order valence-electron chi connectivity index (χ1n) is 8.30. The van der Waals surface area contributed by atoms with Crippen LogP contribution in [0.1, 0.15) is 64.5 Å². The largest absolute Gasteiger partial charge is 0.368 e. The van der Waals surface area contributed by atoms with Crippen molar-refractivity contribution in [1.29, 1.82) is 0 Å². The molecule has 1 aromatic carbocycles. The van der Waals surface area contributed by atoms with Gasteiger partial charge in [0.15, 0.2) is 0 Å². The molecule has 1 aromatic rings. The van der Waals surface area contributed by atoms with Crippen molar-refractivity contribution in [2.75, 3.05) is 11.4 Å². The van der Waals surface area contributed by atoms with E-state index in [9.17, 15) is 0 Å². The summed E-state index contributed by atoms with van der Waals surface area (Å²) in [6.45, 7) is 7.68. The van der Waals surface area contributed by atoms with Crippen molar-refractivity contribution in [2.45, 2.75) is 65.0 Å². The number of hydrogen-bond donors (Lipinski definition) is 1. The zero-order valence-electron chi connectivity index (χ0n) is 13.6. The van der Waals surface area contributed by atoms with Crippen LogP contribution in [0, 0.1) is 5.92 Å². The first-order chi connectivity index (χ1) is 9.99. The molecule has 1 unspecified atom stereocenters. The zero-order valence-corrected chi connectivity index (χ0v) is 14.4. The Morgan fingerprint density at radius 2 is 1.90 bits per heavy atom. The van der Waals surface area contributed by atoms with Gasteiger partial charge in [0.2, 0.25) is 0 Å². The van der Waals surface area contributed by atoms with E-state index in [0.717, 1.165) is 23.0 Å². The highest BCUT2D eigenvalue weighted by atomic mass is 35.5. The molecule has 1 fully saturated rings. The third-order valence-corrected chi connectivity index (χ3v) is 4.85. The summed E-state index contributed by atoms with van der Waals surface area (Å²) >= 11 is 6.43. The second-order valence-corrected chi connectivity index (χ2v) is 7.22. The lowest BCUT2D eigenvalue weighted by molar-refractivity contribution is 0.528. The zero-order chi connectivity index (χ0) is 15.4. The molecule has 2 rings (SSSR count). The molecule has 0 aliphatic heterocycles.